The fraction of sp³-hybridized carbons (Fsp3) is 0.647. The molecule has 2 fully saturated rings. The van der Waals surface area contributed by atoms with Gasteiger partial charge in [0, 0.05) is 30.9 Å². The molecule has 2 aliphatic carbocycles. The van der Waals surface area contributed by atoms with Crippen LogP contribution in [-0.2, 0) is 14.8 Å². The van der Waals surface area contributed by atoms with Gasteiger partial charge in [0.05, 0.1) is 6.26 Å². The number of nitrogens with zero attached hydrogens (tertiary/aromatic N) is 1. The Morgan fingerprint density at radius 3 is 2.83 bits per heavy atom. The van der Waals surface area contributed by atoms with Gasteiger partial charge in [0.15, 0.2) is 0 Å². The third-order valence-corrected chi connectivity index (χ3v) is 5.78. The zero-order valence-electron chi connectivity index (χ0n) is 13.9. The molecule has 2 saturated carbocycles. The second-order valence-corrected chi connectivity index (χ2v) is 8.80. The van der Waals surface area contributed by atoms with Crippen molar-refractivity contribution in [1.82, 2.24) is 15.0 Å². The van der Waals surface area contributed by atoms with Crippen molar-refractivity contribution in [1.29, 1.82) is 0 Å². The van der Waals surface area contributed by atoms with Gasteiger partial charge in [0.1, 0.15) is 0 Å². The molecule has 24 heavy (non-hydrogen) atoms. The standard InChI is InChI=1S/C17H25N3O3S/c1-24(22,23)20-16-7-3-2-5-13(16)11-19-17(21)15-9-14(15)12-6-4-8-18-10-12/h4,6,8,10,13-16,20H,2-3,5,7,9,11H2,1H3,(H,19,21)/t13?,14-,15+,16?/m0/s1. The number of sulfonamides is 1. The van der Waals surface area contributed by atoms with Gasteiger partial charge in [-0.2, -0.15) is 0 Å². The van der Waals surface area contributed by atoms with E-state index in [0.29, 0.717) is 6.54 Å². The molecule has 0 bridgehead atoms. The summed E-state index contributed by atoms with van der Waals surface area (Å²) in [5.74, 6) is 0.551. The monoisotopic (exact) mass is 351 g/mol. The van der Waals surface area contributed by atoms with Gasteiger partial charge in [-0.15, -0.1) is 0 Å². The summed E-state index contributed by atoms with van der Waals surface area (Å²) in [4.78, 5) is 16.5. The van der Waals surface area contributed by atoms with E-state index in [0.717, 1.165) is 37.7 Å². The number of amides is 1. The predicted octanol–water partition coefficient (Wildman–Crippen LogP) is 1.41. The highest BCUT2D eigenvalue weighted by molar-refractivity contribution is 7.88. The second-order valence-electron chi connectivity index (χ2n) is 7.02. The minimum atomic E-state index is -3.21. The Balaban J connectivity index is 1.50. The number of nitrogens with one attached hydrogen (secondary N) is 2. The van der Waals surface area contributed by atoms with Crippen molar-refractivity contribution in [3.63, 3.8) is 0 Å². The molecule has 1 heterocycles. The number of hydrogen-bond donors (Lipinski definition) is 2. The van der Waals surface area contributed by atoms with Crippen LogP contribution in [0.15, 0.2) is 24.5 Å². The second kappa shape index (κ2) is 7.19. The van der Waals surface area contributed by atoms with Gasteiger partial charge < -0.3 is 5.32 Å². The van der Waals surface area contributed by atoms with Crippen LogP contribution in [0.4, 0.5) is 0 Å². The number of hydrogen-bond acceptors (Lipinski definition) is 4. The lowest BCUT2D eigenvalue weighted by Crippen LogP contribution is -2.46. The average Bonchev–Trinajstić information content (AvgIpc) is 3.34. The van der Waals surface area contributed by atoms with Gasteiger partial charge in [-0.1, -0.05) is 18.9 Å². The molecule has 2 unspecified atom stereocenters. The lowest BCUT2D eigenvalue weighted by Gasteiger charge is -2.31. The minimum Gasteiger partial charge on any atom is -0.356 e. The van der Waals surface area contributed by atoms with Gasteiger partial charge in [0.25, 0.3) is 0 Å². The lowest BCUT2D eigenvalue weighted by atomic mass is 9.85. The van der Waals surface area contributed by atoms with E-state index in [9.17, 15) is 13.2 Å². The van der Waals surface area contributed by atoms with Crippen LogP contribution in [0.2, 0.25) is 0 Å². The van der Waals surface area contributed by atoms with Gasteiger partial charge in [-0.25, -0.2) is 13.1 Å². The Morgan fingerprint density at radius 1 is 1.33 bits per heavy atom. The molecule has 0 aromatic carbocycles. The number of carbonyl (C=O) groups is 1. The Labute approximate surface area is 143 Å². The van der Waals surface area contributed by atoms with Gasteiger partial charge >= 0.3 is 0 Å². The van der Waals surface area contributed by atoms with E-state index < -0.39 is 10.0 Å². The topological polar surface area (TPSA) is 88.2 Å². The molecular formula is C17H25N3O3S. The molecule has 0 saturated heterocycles. The third kappa shape index (κ3) is 4.54. The van der Waals surface area contributed by atoms with Crippen molar-refractivity contribution < 1.29 is 13.2 Å². The quantitative estimate of drug-likeness (QED) is 0.811. The SMILES string of the molecule is CS(=O)(=O)NC1CCCCC1CNC(=O)[C@@H]1C[C@H]1c1cccnc1. The minimum absolute atomic E-state index is 0.0270. The van der Waals surface area contributed by atoms with E-state index >= 15 is 0 Å². The Kier molecular flexibility index (Phi) is 5.20. The summed E-state index contributed by atoms with van der Waals surface area (Å²) in [6, 6.07) is 3.84. The molecule has 4 atom stereocenters. The number of carbonyl (C=O) groups excluding carboxylic acids is 1. The van der Waals surface area contributed by atoms with Crippen molar-refractivity contribution in [3.05, 3.63) is 30.1 Å². The molecule has 1 aromatic rings. The largest absolute Gasteiger partial charge is 0.356 e. The molecule has 3 rings (SSSR count). The van der Waals surface area contributed by atoms with Gasteiger partial charge in [-0.05, 0) is 42.7 Å². The first kappa shape index (κ1) is 17.4. The summed E-state index contributed by atoms with van der Waals surface area (Å²) in [6.45, 7) is 0.544. The maximum absolute atomic E-state index is 12.4. The number of rotatable bonds is 6. The maximum atomic E-state index is 12.4. The highest BCUT2D eigenvalue weighted by atomic mass is 32.2. The van der Waals surface area contributed by atoms with Crippen LogP contribution in [0.3, 0.4) is 0 Å². The Bertz CT molecular complexity index is 678. The number of aromatic nitrogens is 1. The summed E-state index contributed by atoms with van der Waals surface area (Å²) < 4.78 is 25.7. The van der Waals surface area contributed by atoms with Crippen LogP contribution in [-0.4, -0.2) is 38.2 Å². The molecule has 1 aromatic heterocycles. The van der Waals surface area contributed by atoms with E-state index in [2.05, 4.69) is 15.0 Å². The molecule has 1 amide bonds. The molecular weight excluding hydrogens is 326 g/mol. The van der Waals surface area contributed by atoms with E-state index in [-0.39, 0.29) is 29.7 Å². The molecule has 0 radical (unpaired) electrons. The number of pyridine rings is 1. The van der Waals surface area contributed by atoms with E-state index in [1.165, 1.54) is 6.26 Å². The van der Waals surface area contributed by atoms with E-state index in [4.69, 9.17) is 0 Å². The molecule has 0 aliphatic heterocycles. The van der Waals surface area contributed by atoms with Crippen LogP contribution in [0.25, 0.3) is 0 Å². The summed E-state index contributed by atoms with van der Waals surface area (Å²) in [6.07, 6.45) is 9.53. The fourth-order valence-corrected chi connectivity index (χ4v) is 4.55. The van der Waals surface area contributed by atoms with Crippen LogP contribution < -0.4 is 10.0 Å². The fourth-order valence-electron chi connectivity index (χ4n) is 3.69. The van der Waals surface area contributed by atoms with Crippen LogP contribution >= 0.6 is 0 Å². The zero-order chi connectivity index (χ0) is 17.2. The highest BCUT2D eigenvalue weighted by Crippen LogP contribution is 2.47. The maximum Gasteiger partial charge on any atom is 0.223 e. The van der Waals surface area contributed by atoms with Gasteiger partial charge in [0.2, 0.25) is 15.9 Å². The third-order valence-electron chi connectivity index (χ3n) is 5.05. The first-order valence-electron chi connectivity index (χ1n) is 8.59. The predicted molar refractivity (Wildman–Crippen MR) is 91.8 cm³/mol. The molecule has 2 aliphatic rings. The van der Waals surface area contributed by atoms with Gasteiger partial charge in [-0.3, -0.25) is 9.78 Å². The summed E-state index contributed by atoms with van der Waals surface area (Å²) in [5, 5.41) is 3.04. The van der Waals surface area contributed by atoms with E-state index in [1.54, 1.807) is 6.20 Å². The van der Waals surface area contributed by atoms with Crippen molar-refractivity contribution in [2.75, 3.05) is 12.8 Å². The highest BCUT2D eigenvalue weighted by Gasteiger charge is 2.44. The van der Waals surface area contributed by atoms with Crippen LogP contribution in [0.1, 0.15) is 43.6 Å². The Hall–Kier alpha value is -1.47. The van der Waals surface area contributed by atoms with Crippen LogP contribution in [0, 0.1) is 11.8 Å². The smallest absolute Gasteiger partial charge is 0.223 e. The van der Waals surface area contributed by atoms with Crippen molar-refractivity contribution in [2.24, 2.45) is 11.8 Å². The zero-order valence-corrected chi connectivity index (χ0v) is 14.8. The van der Waals surface area contributed by atoms with Crippen molar-refractivity contribution in [3.8, 4) is 0 Å². The normalized spacial score (nSPS) is 29.9. The van der Waals surface area contributed by atoms with Crippen molar-refractivity contribution >= 4 is 15.9 Å². The molecule has 0 spiro atoms. The molecule has 7 heteroatoms. The van der Waals surface area contributed by atoms with E-state index in [1.807, 2.05) is 18.3 Å². The average molecular weight is 351 g/mol. The molecule has 132 valence electrons. The summed E-state index contributed by atoms with van der Waals surface area (Å²) >= 11 is 0. The summed E-state index contributed by atoms with van der Waals surface area (Å²) in [5.41, 5.74) is 1.12. The Morgan fingerprint density at radius 2 is 2.12 bits per heavy atom. The van der Waals surface area contributed by atoms with Crippen molar-refractivity contribution in [2.45, 2.75) is 44.1 Å². The summed E-state index contributed by atoms with van der Waals surface area (Å²) in [7, 11) is -3.21. The first-order chi connectivity index (χ1) is 11.4. The first-order valence-corrected chi connectivity index (χ1v) is 10.5. The lowest BCUT2D eigenvalue weighted by molar-refractivity contribution is -0.122. The molecule has 6 nitrogen and oxygen atoms in total. The molecule has 2 N–H and O–H groups in total. The van der Waals surface area contributed by atoms with Crippen LogP contribution in [0.5, 0.6) is 0 Å².